The summed E-state index contributed by atoms with van der Waals surface area (Å²) in [6, 6.07) is 3.56. The van der Waals surface area contributed by atoms with Crippen molar-refractivity contribution >= 4 is 22.7 Å². The van der Waals surface area contributed by atoms with Gasteiger partial charge in [-0.1, -0.05) is 0 Å². The Hall–Kier alpha value is -2.32. The smallest absolute Gasteiger partial charge is 0.227 e. The lowest BCUT2D eigenvalue weighted by Crippen LogP contribution is -2.39. The molecule has 2 heterocycles. The van der Waals surface area contributed by atoms with Crippen LogP contribution in [0.1, 0.15) is 12.8 Å². The molecule has 0 radical (unpaired) electrons. The van der Waals surface area contributed by atoms with Crippen molar-refractivity contribution in [1.82, 2.24) is 9.97 Å². The van der Waals surface area contributed by atoms with Crippen molar-refractivity contribution < 1.29 is 19.7 Å². The molecule has 1 aromatic heterocycles. The second-order valence-electron chi connectivity index (χ2n) is 6.21. The zero-order chi connectivity index (χ0) is 18.0. The van der Waals surface area contributed by atoms with Gasteiger partial charge < -0.3 is 30.3 Å². The molecule has 0 amide bonds. The van der Waals surface area contributed by atoms with Crippen LogP contribution in [0.4, 0.5) is 11.8 Å². The minimum Gasteiger partial charge on any atom is -0.493 e. The van der Waals surface area contributed by atoms with Crippen LogP contribution in [0.3, 0.4) is 0 Å². The van der Waals surface area contributed by atoms with E-state index in [2.05, 4.69) is 9.97 Å². The highest BCUT2D eigenvalue weighted by atomic mass is 16.5. The van der Waals surface area contributed by atoms with Crippen molar-refractivity contribution in [3.63, 3.8) is 0 Å². The molecule has 1 fully saturated rings. The number of anilines is 2. The summed E-state index contributed by atoms with van der Waals surface area (Å²) in [6.45, 7) is 1.21. The number of nitrogens with zero attached hydrogens (tertiary/aromatic N) is 3. The number of aliphatic hydroxyl groups excluding tert-OH is 2. The standard InChI is InChI=1S/C17H24N4O4/c1-24-14-7-11-12(8-15(14)25-2)19-17(20-16(11)18)21-5-3-10(4-6-21)13(23)9-22/h7-8,10,13,22-23H,3-6,9H2,1-2H3,(H2,18,19,20). The van der Waals surface area contributed by atoms with E-state index >= 15 is 0 Å². The van der Waals surface area contributed by atoms with Crippen LogP contribution >= 0.6 is 0 Å². The van der Waals surface area contributed by atoms with Crippen LogP contribution in [0.25, 0.3) is 10.9 Å². The highest BCUT2D eigenvalue weighted by Gasteiger charge is 2.26. The number of fused-ring (bicyclic) bond motifs is 1. The highest BCUT2D eigenvalue weighted by Crippen LogP contribution is 2.34. The van der Waals surface area contributed by atoms with Gasteiger partial charge in [0, 0.05) is 24.5 Å². The summed E-state index contributed by atoms with van der Waals surface area (Å²) in [6.07, 6.45) is 0.880. The number of aromatic nitrogens is 2. The van der Waals surface area contributed by atoms with Crippen LogP contribution in [0.2, 0.25) is 0 Å². The van der Waals surface area contributed by atoms with Crippen molar-refractivity contribution in [3.8, 4) is 11.5 Å². The largest absolute Gasteiger partial charge is 0.493 e. The predicted molar refractivity (Wildman–Crippen MR) is 95.1 cm³/mol. The Kier molecular flexibility index (Phi) is 5.10. The molecule has 1 aromatic carbocycles. The third kappa shape index (κ3) is 3.40. The molecule has 0 bridgehead atoms. The Morgan fingerprint density at radius 2 is 1.84 bits per heavy atom. The normalized spacial score (nSPS) is 16.9. The first kappa shape index (κ1) is 17.5. The zero-order valence-corrected chi connectivity index (χ0v) is 14.5. The van der Waals surface area contributed by atoms with Crippen molar-refractivity contribution in [2.45, 2.75) is 18.9 Å². The molecule has 0 saturated carbocycles. The van der Waals surface area contributed by atoms with E-state index in [0.717, 1.165) is 12.8 Å². The van der Waals surface area contributed by atoms with Gasteiger partial charge in [-0.05, 0) is 24.8 Å². The first-order valence-electron chi connectivity index (χ1n) is 8.30. The molecule has 1 unspecified atom stereocenters. The van der Waals surface area contributed by atoms with Gasteiger partial charge in [0.05, 0.1) is 32.4 Å². The lowest BCUT2D eigenvalue weighted by atomic mass is 9.92. The van der Waals surface area contributed by atoms with Crippen molar-refractivity contribution in [1.29, 1.82) is 0 Å². The molecule has 4 N–H and O–H groups in total. The van der Waals surface area contributed by atoms with Crippen molar-refractivity contribution in [3.05, 3.63) is 12.1 Å². The number of piperidine rings is 1. The summed E-state index contributed by atoms with van der Waals surface area (Å²) < 4.78 is 10.6. The topological polar surface area (TPSA) is 114 Å². The second kappa shape index (κ2) is 7.28. The Morgan fingerprint density at radius 3 is 2.44 bits per heavy atom. The van der Waals surface area contributed by atoms with Gasteiger partial charge >= 0.3 is 0 Å². The highest BCUT2D eigenvalue weighted by molar-refractivity contribution is 5.91. The molecule has 1 aliphatic rings. The number of rotatable bonds is 5. The summed E-state index contributed by atoms with van der Waals surface area (Å²) in [7, 11) is 3.15. The number of nitrogen functional groups attached to an aromatic ring is 1. The molecule has 3 rings (SSSR count). The van der Waals surface area contributed by atoms with Gasteiger partial charge in [-0.25, -0.2) is 4.98 Å². The maximum Gasteiger partial charge on any atom is 0.227 e. The van der Waals surface area contributed by atoms with E-state index in [1.165, 1.54) is 0 Å². The van der Waals surface area contributed by atoms with Crippen LogP contribution in [0.15, 0.2) is 12.1 Å². The van der Waals surface area contributed by atoms with Crippen LogP contribution in [0, 0.1) is 5.92 Å². The molecule has 25 heavy (non-hydrogen) atoms. The van der Waals surface area contributed by atoms with Crippen molar-refractivity contribution in [2.24, 2.45) is 5.92 Å². The number of methoxy groups -OCH3 is 2. The molecule has 2 aromatic rings. The zero-order valence-electron chi connectivity index (χ0n) is 14.5. The van der Waals surface area contributed by atoms with Crippen LogP contribution < -0.4 is 20.1 Å². The number of hydrogen-bond donors (Lipinski definition) is 3. The monoisotopic (exact) mass is 348 g/mol. The predicted octanol–water partition coefficient (Wildman–Crippen LogP) is 0.799. The fourth-order valence-electron chi connectivity index (χ4n) is 3.24. The van der Waals surface area contributed by atoms with Gasteiger partial charge in [-0.2, -0.15) is 4.98 Å². The SMILES string of the molecule is COc1cc2nc(N3CCC(C(O)CO)CC3)nc(N)c2cc1OC. The first-order chi connectivity index (χ1) is 12.1. The quantitative estimate of drug-likeness (QED) is 0.727. The first-order valence-corrected chi connectivity index (χ1v) is 8.30. The summed E-state index contributed by atoms with van der Waals surface area (Å²) in [5.74, 6) is 2.22. The van der Waals surface area contributed by atoms with Gasteiger partial charge in [-0.15, -0.1) is 0 Å². The summed E-state index contributed by atoms with van der Waals surface area (Å²) in [4.78, 5) is 11.1. The Morgan fingerprint density at radius 1 is 1.20 bits per heavy atom. The average molecular weight is 348 g/mol. The molecular weight excluding hydrogens is 324 g/mol. The van der Waals surface area contributed by atoms with Crippen LogP contribution in [-0.4, -0.2) is 60.2 Å². The van der Waals surface area contributed by atoms with E-state index < -0.39 is 6.10 Å². The summed E-state index contributed by atoms with van der Waals surface area (Å²) in [5.41, 5.74) is 6.82. The van der Waals surface area contributed by atoms with E-state index in [1.807, 2.05) is 4.90 Å². The molecule has 8 nitrogen and oxygen atoms in total. The van der Waals surface area contributed by atoms with E-state index in [0.29, 0.717) is 47.3 Å². The van der Waals surface area contributed by atoms with E-state index in [1.54, 1.807) is 26.4 Å². The van der Waals surface area contributed by atoms with E-state index in [9.17, 15) is 5.11 Å². The van der Waals surface area contributed by atoms with Crippen molar-refractivity contribution in [2.75, 3.05) is 44.5 Å². The Balaban J connectivity index is 1.88. The molecule has 1 aliphatic heterocycles. The number of benzene rings is 1. The minimum absolute atomic E-state index is 0.100. The average Bonchev–Trinajstić information content (AvgIpc) is 2.66. The lowest BCUT2D eigenvalue weighted by Gasteiger charge is -2.33. The van der Waals surface area contributed by atoms with Gasteiger partial charge in [0.1, 0.15) is 5.82 Å². The molecule has 1 atom stereocenters. The summed E-state index contributed by atoms with van der Waals surface area (Å²) >= 11 is 0. The molecule has 0 aliphatic carbocycles. The van der Waals surface area contributed by atoms with Crippen LogP contribution in [0.5, 0.6) is 11.5 Å². The molecule has 1 saturated heterocycles. The van der Waals surface area contributed by atoms with E-state index in [-0.39, 0.29) is 12.5 Å². The number of ether oxygens (including phenoxy) is 2. The molecule has 136 valence electrons. The summed E-state index contributed by atoms with van der Waals surface area (Å²) in [5, 5.41) is 19.6. The number of nitrogens with two attached hydrogens (primary N) is 1. The maximum absolute atomic E-state index is 9.79. The minimum atomic E-state index is -0.665. The Labute approximate surface area is 146 Å². The van der Waals surface area contributed by atoms with Gasteiger partial charge in [0.15, 0.2) is 11.5 Å². The number of aliphatic hydroxyl groups is 2. The van der Waals surface area contributed by atoms with E-state index in [4.69, 9.17) is 20.3 Å². The second-order valence-corrected chi connectivity index (χ2v) is 6.21. The van der Waals surface area contributed by atoms with Crippen LogP contribution in [-0.2, 0) is 0 Å². The molecular formula is C17H24N4O4. The van der Waals surface area contributed by atoms with Gasteiger partial charge in [0.2, 0.25) is 5.95 Å². The fourth-order valence-corrected chi connectivity index (χ4v) is 3.24. The molecule has 0 spiro atoms. The Bertz CT molecular complexity index is 747. The van der Waals surface area contributed by atoms with Gasteiger partial charge in [0.25, 0.3) is 0 Å². The lowest BCUT2D eigenvalue weighted by molar-refractivity contribution is 0.0376. The third-order valence-electron chi connectivity index (χ3n) is 4.77. The number of hydrogen-bond acceptors (Lipinski definition) is 8. The maximum atomic E-state index is 9.79. The molecule has 8 heteroatoms. The van der Waals surface area contributed by atoms with Gasteiger partial charge in [-0.3, -0.25) is 0 Å². The fraction of sp³-hybridized carbons (Fsp3) is 0.529. The third-order valence-corrected chi connectivity index (χ3v) is 4.77.